The van der Waals surface area contributed by atoms with Gasteiger partial charge in [-0.2, -0.15) is 0 Å². The zero-order valence-corrected chi connectivity index (χ0v) is 9.01. The number of methoxy groups -OCH3 is 1. The van der Waals surface area contributed by atoms with E-state index in [2.05, 4.69) is 6.92 Å². The van der Waals surface area contributed by atoms with Crippen molar-refractivity contribution < 1.29 is 9.53 Å². The van der Waals surface area contributed by atoms with Gasteiger partial charge in [-0.05, 0) is 37.2 Å². The van der Waals surface area contributed by atoms with Crippen LogP contribution in [-0.2, 0) is 9.53 Å². The number of carbonyl (C=O) groups excluding carboxylic acids is 1. The van der Waals surface area contributed by atoms with E-state index in [-0.39, 0.29) is 0 Å². The molecule has 0 unspecified atom stereocenters. The monoisotopic (exact) mass is 194 g/mol. The molecule has 1 saturated carbocycles. The largest absolute Gasteiger partial charge is 0.381 e. The lowest BCUT2D eigenvalue weighted by Gasteiger charge is -2.41. The summed E-state index contributed by atoms with van der Waals surface area (Å²) in [6.07, 6.45) is 7.24. The third-order valence-electron chi connectivity index (χ3n) is 3.83. The van der Waals surface area contributed by atoms with Crippen molar-refractivity contribution >= 4 is 5.78 Å². The Balaban J connectivity index is 2.21. The molecule has 2 rings (SSSR count). The van der Waals surface area contributed by atoms with Gasteiger partial charge in [-0.3, -0.25) is 4.79 Å². The maximum absolute atomic E-state index is 11.3. The average molecular weight is 194 g/mol. The molecule has 0 aromatic carbocycles. The third kappa shape index (κ3) is 1.63. The summed E-state index contributed by atoms with van der Waals surface area (Å²) >= 11 is 0. The van der Waals surface area contributed by atoms with Crippen LogP contribution in [0.3, 0.4) is 0 Å². The Bertz CT molecular complexity index is 280. The lowest BCUT2D eigenvalue weighted by atomic mass is 9.65. The first kappa shape index (κ1) is 9.91. The highest BCUT2D eigenvalue weighted by molar-refractivity contribution is 5.91. The molecule has 0 radical (unpaired) electrons. The Labute approximate surface area is 85.3 Å². The van der Waals surface area contributed by atoms with E-state index in [1.807, 2.05) is 6.08 Å². The van der Waals surface area contributed by atoms with Crippen molar-refractivity contribution in [2.75, 3.05) is 7.11 Å². The van der Waals surface area contributed by atoms with Gasteiger partial charge in [0.15, 0.2) is 5.78 Å². The summed E-state index contributed by atoms with van der Waals surface area (Å²) in [5.74, 6) is 0.300. The molecule has 1 fully saturated rings. The van der Waals surface area contributed by atoms with Gasteiger partial charge in [0.2, 0.25) is 0 Å². The SMILES string of the molecule is CO[C@@H]1CC[C@]2(C)CCC(=O)C=C2C1. The Hall–Kier alpha value is -0.630. The van der Waals surface area contributed by atoms with Gasteiger partial charge >= 0.3 is 0 Å². The van der Waals surface area contributed by atoms with Crippen LogP contribution in [0.15, 0.2) is 11.6 Å². The molecule has 0 saturated heterocycles. The summed E-state index contributed by atoms with van der Waals surface area (Å²) in [4.78, 5) is 11.3. The fourth-order valence-electron chi connectivity index (χ4n) is 2.62. The maximum Gasteiger partial charge on any atom is 0.155 e. The van der Waals surface area contributed by atoms with Crippen molar-refractivity contribution in [3.8, 4) is 0 Å². The lowest BCUT2D eigenvalue weighted by Crippen LogP contribution is -2.33. The molecule has 0 bridgehead atoms. The second-order valence-corrected chi connectivity index (χ2v) is 4.80. The molecule has 0 heterocycles. The fourth-order valence-corrected chi connectivity index (χ4v) is 2.62. The van der Waals surface area contributed by atoms with Crippen LogP contribution in [0, 0.1) is 5.41 Å². The number of hydrogen-bond acceptors (Lipinski definition) is 2. The second kappa shape index (κ2) is 3.50. The van der Waals surface area contributed by atoms with Crippen LogP contribution in [0.5, 0.6) is 0 Å². The van der Waals surface area contributed by atoms with E-state index in [1.165, 1.54) is 12.0 Å². The average Bonchev–Trinajstić information content (AvgIpc) is 2.18. The molecule has 78 valence electrons. The van der Waals surface area contributed by atoms with Crippen LogP contribution in [0.2, 0.25) is 0 Å². The van der Waals surface area contributed by atoms with Crippen LogP contribution in [-0.4, -0.2) is 19.0 Å². The summed E-state index contributed by atoms with van der Waals surface area (Å²) in [6, 6.07) is 0. The molecule has 2 aliphatic rings. The van der Waals surface area contributed by atoms with Gasteiger partial charge in [0.25, 0.3) is 0 Å². The van der Waals surface area contributed by atoms with E-state index in [1.54, 1.807) is 7.11 Å². The van der Waals surface area contributed by atoms with Gasteiger partial charge in [-0.25, -0.2) is 0 Å². The number of hydrogen-bond donors (Lipinski definition) is 0. The van der Waals surface area contributed by atoms with Gasteiger partial charge < -0.3 is 4.74 Å². The first-order chi connectivity index (χ1) is 6.64. The zero-order valence-electron chi connectivity index (χ0n) is 9.01. The first-order valence-electron chi connectivity index (χ1n) is 5.41. The molecule has 0 N–H and O–H groups in total. The molecule has 2 nitrogen and oxygen atoms in total. The Morgan fingerprint density at radius 2 is 2.29 bits per heavy atom. The first-order valence-corrected chi connectivity index (χ1v) is 5.41. The summed E-state index contributed by atoms with van der Waals surface area (Å²) in [5.41, 5.74) is 1.62. The summed E-state index contributed by atoms with van der Waals surface area (Å²) in [6.45, 7) is 2.29. The van der Waals surface area contributed by atoms with Gasteiger partial charge in [-0.15, -0.1) is 0 Å². The minimum atomic E-state index is 0.295. The predicted molar refractivity (Wildman–Crippen MR) is 55.1 cm³/mol. The van der Waals surface area contributed by atoms with E-state index in [0.717, 1.165) is 25.7 Å². The molecule has 0 aromatic heterocycles. The topological polar surface area (TPSA) is 26.3 Å². The molecule has 0 amide bonds. The van der Waals surface area contributed by atoms with Crippen molar-refractivity contribution in [2.24, 2.45) is 5.41 Å². The summed E-state index contributed by atoms with van der Waals surface area (Å²) < 4.78 is 5.37. The number of ketones is 1. The smallest absolute Gasteiger partial charge is 0.155 e. The van der Waals surface area contributed by atoms with Crippen LogP contribution in [0.25, 0.3) is 0 Å². The van der Waals surface area contributed by atoms with E-state index < -0.39 is 0 Å². The molecule has 0 aromatic rings. The van der Waals surface area contributed by atoms with Crippen molar-refractivity contribution in [1.82, 2.24) is 0 Å². The Morgan fingerprint density at radius 3 is 3.00 bits per heavy atom. The highest BCUT2D eigenvalue weighted by atomic mass is 16.5. The molecule has 0 spiro atoms. The van der Waals surface area contributed by atoms with Crippen LogP contribution < -0.4 is 0 Å². The lowest BCUT2D eigenvalue weighted by molar-refractivity contribution is -0.116. The van der Waals surface area contributed by atoms with Crippen LogP contribution in [0.1, 0.15) is 39.0 Å². The summed E-state index contributed by atoms with van der Waals surface area (Å²) in [7, 11) is 1.76. The van der Waals surface area contributed by atoms with Gasteiger partial charge in [0, 0.05) is 13.5 Å². The Kier molecular flexibility index (Phi) is 2.48. The number of ether oxygens (including phenoxy) is 1. The van der Waals surface area contributed by atoms with Gasteiger partial charge in [0.1, 0.15) is 0 Å². The number of allylic oxidation sites excluding steroid dienone is 1. The van der Waals surface area contributed by atoms with Crippen molar-refractivity contribution in [3.63, 3.8) is 0 Å². The van der Waals surface area contributed by atoms with E-state index in [4.69, 9.17) is 4.74 Å². The number of rotatable bonds is 1. The minimum absolute atomic E-state index is 0.295. The molecular weight excluding hydrogens is 176 g/mol. The van der Waals surface area contributed by atoms with Crippen molar-refractivity contribution in [2.45, 2.75) is 45.1 Å². The second-order valence-electron chi connectivity index (χ2n) is 4.80. The molecule has 0 aliphatic heterocycles. The van der Waals surface area contributed by atoms with Crippen molar-refractivity contribution in [3.05, 3.63) is 11.6 Å². The quantitative estimate of drug-likeness (QED) is 0.641. The summed E-state index contributed by atoms with van der Waals surface area (Å²) in [5, 5.41) is 0. The predicted octanol–water partition coefficient (Wildman–Crippen LogP) is 2.48. The fraction of sp³-hybridized carbons (Fsp3) is 0.750. The maximum atomic E-state index is 11.3. The van der Waals surface area contributed by atoms with E-state index in [9.17, 15) is 4.79 Å². The highest BCUT2D eigenvalue weighted by Crippen LogP contribution is 2.46. The van der Waals surface area contributed by atoms with Gasteiger partial charge in [0.05, 0.1) is 6.10 Å². The number of fused-ring (bicyclic) bond motifs is 1. The van der Waals surface area contributed by atoms with E-state index >= 15 is 0 Å². The highest BCUT2D eigenvalue weighted by Gasteiger charge is 2.38. The third-order valence-corrected chi connectivity index (χ3v) is 3.83. The molecular formula is C12H18O2. The van der Waals surface area contributed by atoms with Crippen LogP contribution in [0.4, 0.5) is 0 Å². The molecule has 2 aliphatic carbocycles. The number of carbonyl (C=O) groups is 1. The Morgan fingerprint density at radius 1 is 1.50 bits per heavy atom. The molecule has 14 heavy (non-hydrogen) atoms. The van der Waals surface area contributed by atoms with Gasteiger partial charge in [-0.1, -0.05) is 12.5 Å². The molecule has 2 atom stereocenters. The molecule has 2 heteroatoms. The van der Waals surface area contributed by atoms with Crippen molar-refractivity contribution in [1.29, 1.82) is 0 Å². The standard InChI is InChI=1S/C12H18O2/c1-12-5-3-10(13)7-9(12)8-11(14-2)4-6-12/h7,11H,3-6,8H2,1-2H3/t11-,12+/m1/s1. The normalized spacial score (nSPS) is 37.7. The minimum Gasteiger partial charge on any atom is -0.381 e. The zero-order chi connectivity index (χ0) is 10.2. The van der Waals surface area contributed by atoms with E-state index in [0.29, 0.717) is 17.3 Å². The van der Waals surface area contributed by atoms with Crippen LogP contribution >= 0.6 is 0 Å².